The predicted molar refractivity (Wildman–Crippen MR) is 127 cm³/mol. The molecule has 0 aliphatic rings. The van der Waals surface area contributed by atoms with Crippen LogP contribution in [0.1, 0.15) is 27.0 Å². The van der Waals surface area contributed by atoms with Gasteiger partial charge in [-0.15, -0.1) is 0 Å². The summed E-state index contributed by atoms with van der Waals surface area (Å²) in [7, 11) is 0. The van der Waals surface area contributed by atoms with Crippen LogP contribution in [0.3, 0.4) is 0 Å². The molecule has 1 amide bonds. The van der Waals surface area contributed by atoms with Crippen LogP contribution in [0, 0.1) is 20.8 Å². The molecule has 4 aromatic rings. The van der Waals surface area contributed by atoms with Crippen molar-refractivity contribution in [3.05, 3.63) is 95.2 Å². The molecular formula is C27H24N2O4. The minimum absolute atomic E-state index is 0.273. The molecule has 0 bridgehead atoms. The fourth-order valence-corrected chi connectivity index (χ4v) is 3.49. The molecule has 0 fully saturated rings. The second kappa shape index (κ2) is 9.53. The lowest BCUT2D eigenvalue weighted by Crippen LogP contribution is -2.22. The number of amides is 1. The standard InChI is InChI=1S/C27H24N2O4/c1-17-11-13-20(14-12-17)23-15-28-26(33-23)21-9-4-5-10-22(21)27(31)32-16-24(30)29-25-18(2)7-6-8-19(25)3/h4-15H,16H2,1-3H3,(H,29,30). The van der Waals surface area contributed by atoms with Gasteiger partial charge in [-0.05, 0) is 44.0 Å². The molecule has 0 radical (unpaired) electrons. The molecule has 0 saturated carbocycles. The summed E-state index contributed by atoms with van der Waals surface area (Å²) in [6, 6.07) is 20.5. The van der Waals surface area contributed by atoms with Crippen LogP contribution in [-0.2, 0) is 9.53 Å². The van der Waals surface area contributed by atoms with Crippen molar-refractivity contribution in [3.8, 4) is 22.8 Å². The molecule has 0 atom stereocenters. The maximum absolute atomic E-state index is 12.8. The van der Waals surface area contributed by atoms with Crippen molar-refractivity contribution in [3.63, 3.8) is 0 Å². The van der Waals surface area contributed by atoms with Gasteiger partial charge in [0.15, 0.2) is 12.4 Å². The van der Waals surface area contributed by atoms with E-state index in [1.165, 1.54) is 0 Å². The Labute approximate surface area is 192 Å². The van der Waals surface area contributed by atoms with E-state index < -0.39 is 18.5 Å². The van der Waals surface area contributed by atoms with Gasteiger partial charge in [0.05, 0.1) is 17.3 Å². The number of hydrogen-bond donors (Lipinski definition) is 1. The molecular weight excluding hydrogens is 416 g/mol. The molecule has 0 aliphatic carbocycles. The summed E-state index contributed by atoms with van der Waals surface area (Å²) < 4.78 is 11.2. The van der Waals surface area contributed by atoms with Gasteiger partial charge in [0.1, 0.15) is 0 Å². The number of rotatable bonds is 6. The Hall–Kier alpha value is -4.19. The smallest absolute Gasteiger partial charge is 0.339 e. The quantitative estimate of drug-likeness (QED) is 0.387. The van der Waals surface area contributed by atoms with Crippen LogP contribution in [-0.4, -0.2) is 23.5 Å². The van der Waals surface area contributed by atoms with Crippen LogP contribution in [0.2, 0.25) is 0 Å². The zero-order valence-corrected chi connectivity index (χ0v) is 18.7. The fourth-order valence-electron chi connectivity index (χ4n) is 3.49. The van der Waals surface area contributed by atoms with E-state index in [0.29, 0.717) is 17.2 Å². The molecule has 166 valence electrons. The van der Waals surface area contributed by atoms with Gasteiger partial charge >= 0.3 is 5.97 Å². The Kier molecular flexibility index (Phi) is 6.36. The first-order valence-electron chi connectivity index (χ1n) is 10.6. The van der Waals surface area contributed by atoms with Crippen molar-refractivity contribution >= 4 is 17.6 Å². The van der Waals surface area contributed by atoms with Gasteiger partial charge in [0, 0.05) is 11.3 Å². The van der Waals surface area contributed by atoms with Gasteiger partial charge in [-0.3, -0.25) is 4.79 Å². The number of oxazole rings is 1. The minimum atomic E-state index is -0.627. The summed E-state index contributed by atoms with van der Waals surface area (Å²) in [5.41, 5.74) is 5.41. The van der Waals surface area contributed by atoms with Gasteiger partial charge in [-0.25, -0.2) is 9.78 Å². The van der Waals surface area contributed by atoms with E-state index >= 15 is 0 Å². The largest absolute Gasteiger partial charge is 0.452 e. The number of benzene rings is 3. The summed E-state index contributed by atoms with van der Waals surface area (Å²) >= 11 is 0. The Morgan fingerprint density at radius 2 is 1.61 bits per heavy atom. The number of nitrogens with one attached hydrogen (secondary N) is 1. The zero-order chi connectivity index (χ0) is 23.4. The Balaban J connectivity index is 1.48. The molecule has 0 aliphatic heterocycles. The van der Waals surface area contributed by atoms with Gasteiger partial charge < -0.3 is 14.5 Å². The van der Waals surface area contributed by atoms with E-state index in [4.69, 9.17) is 9.15 Å². The first-order chi connectivity index (χ1) is 15.9. The number of hydrogen-bond acceptors (Lipinski definition) is 5. The third-order valence-electron chi connectivity index (χ3n) is 5.30. The first kappa shape index (κ1) is 22.0. The highest BCUT2D eigenvalue weighted by atomic mass is 16.5. The molecule has 1 N–H and O–H groups in total. The number of ether oxygens (including phenoxy) is 1. The Morgan fingerprint density at radius 1 is 0.909 bits per heavy atom. The zero-order valence-electron chi connectivity index (χ0n) is 18.7. The lowest BCUT2D eigenvalue weighted by molar-refractivity contribution is -0.119. The first-order valence-corrected chi connectivity index (χ1v) is 10.6. The molecule has 6 heteroatoms. The number of para-hydroxylation sites is 1. The normalized spacial score (nSPS) is 10.6. The second-order valence-electron chi connectivity index (χ2n) is 7.83. The highest BCUT2D eigenvalue weighted by Crippen LogP contribution is 2.29. The summed E-state index contributed by atoms with van der Waals surface area (Å²) in [5.74, 6) is -0.132. The summed E-state index contributed by atoms with van der Waals surface area (Å²) in [6.07, 6.45) is 1.63. The average Bonchev–Trinajstić information content (AvgIpc) is 3.30. The number of carbonyl (C=O) groups excluding carboxylic acids is 2. The average molecular weight is 440 g/mol. The third kappa shape index (κ3) is 5.01. The minimum Gasteiger partial charge on any atom is -0.452 e. The van der Waals surface area contributed by atoms with Crippen LogP contribution in [0.4, 0.5) is 5.69 Å². The van der Waals surface area contributed by atoms with Crippen LogP contribution in [0.5, 0.6) is 0 Å². The number of aryl methyl sites for hydroxylation is 3. The summed E-state index contributed by atoms with van der Waals surface area (Å²) in [5, 5.41) is 2.81. The highest BCUT2D eigenvalue weighted by molar-refractivity contribution is 5.99. The molecule has 0 spiro atoms. The number of esters is 1. The topological polar surface area (TPSA) is 81.4 Å². The molecule has 1 heterocycles. The molecule has 33 heavy (non-hydrogen) atoms. The number of anilines is 1. The van der Waals surface area contributed by atoms with Crippen molar-refractivity contribution in [1.82, 2.24) is 4.98 Å². The predicted octanol–water partition coefficient (Wildman–Crippen LogP) is 5.73. The maximum Gasteiger partial charge on any atom is 0.339 e. The Bertz CT molecular complexity index is 1290. The van der Waals surface area contributed by atoms with Gasteiger partial charge in [0.25, 0.3) is 5.91 Å². The van der Waals surface area contributed by atoms with Crippen LogP contribution in [0.15, 0.2) is 77.3 Å². The number of carbonyl (C=O) groups is 2. The summed E-state index contributed by atoms with van der Waals surface area (Å²) in [6.45, 7) is 5.43. The van der Waals surface area contributed by atoms with Crippen LogP contribution < -0.4 is 5.32 Å². The summed E-state index contributed by atoms with van der Waals surface area (Å²) in [4.78, 5) is 29.5. The molecule has 4 rings (SSSR count). The van der Waals surface area contributed by atoms with Crippen LogP contribution in [0.25, 0.3) is 22.8 Å². The highest BCUT2D eigenvalue weighted by Gasteiger charge is 2.19. The second-order valence-corrected chi connectivity index (χ2v) is 7.83. The van der Waals surface area contributed by atoms with E-state index in [1.54, 1.807) is 30.5 Å². The molecule has 0 unspecified atom stereocenters. The third-order valence-corrected chi connectivity index (χ3v) is 5.30. The van der Waals surface area contributed by atoms with Gasteiger partial charge in [-0.2, -0.15) is 0 Å². The Morgan fingerprint density at radius 3 is 2.33 bits per heavy atom. The van der Waals surface area contributed by atoms with Crippen molar-refractivity contribution in [2.45, 2.75) is 20.8 Å². The van der Waals surface area contributed by atoms with Gasteiger partial charge in [-0.1, -0.05) is 60.2 Å². The van der Waals surface area contributed by atoms with Crippen molar-refractivity contribution < 1.29 is 18.7 Å². The fraction of sp³-hybridized carbons (Fsp3) is 0.148. The lowest BCUT2D eigenvalue weighted by atomic mass is 10.1. The maximum atomic E-state index is 12.8. The van der Waals surface area contributed by atoms with E-state index in [9.17, 15) is 9.59 Å². The molecule has 6 nitrogen and oxygen atoms in total. The van der Waals surface area contributed by atoms with E-state index in [2.05, 4.69) is 10.3 Å². The van der Waals surface area contributed by atoms with Crippen molar-refractivity contribution in [1.29, 1.82) is 0 Å². The molecule has 3 aromatic carbocycles. The number of nitrogens with zero attached hydrogens (tertiary/aromatic N) is 1. The molecule has 0 saturated heterocycles. The van der Waals surface area contributed by atoms with Crippen LogP contribution >= 0.6 is 0 Å². The van der Waals surface area contributed by atoms with E-state index in [-0.39, 0.29) is 5.56 Å². The monoisotopic (exact) mass is 440 g/mol. The van der Waals surface area contributed by atoms with E-state index in [1.807, 2.05) is 63.2 Å². The van der Waals surface area contributed by atoms with Crippen molar-refractivity contribution in [2.24, 2.45) is 0 Å². The molecule has 1 aromatic heterocycles. The SMILES string of the molecule is Cc1ccc(-c2cnc(-c3ccccc3C(=O)OCC(=O)Nc3c(C)cccc3C)o2)cc1. The van der Waals surface area contributed by atoms with Crippen molar-refractivity contribution in [2.75, 3.05) is 11.9 Å². The van der Waals surface area contributed by atoms with E-state index in [0.717, 1.165) is 27.9 Å². The van der Waals surface area contributed by atoms with Gasteiger partial charge in [0.2, 0.25) is 5.89 Å². The lowest BCUT2D eigenvalue weighted by Gasteiger charge is -2.12. The number of aromatic nitrogens is 1.